The van der Waals surface area contributed by atoms with E-state index in [0.717, 1.165) is 11.3 Å². The molecule has 0 aliphatic carbocycles. The van der Waals surface area contributed by atoms with Gasteiger partial charge in [-0.3, -0.25) is 0 Å². The van der Waals surface area contributed by atoms with Crippen LogP contribution in [-0.2, 0) is 19.6 Å². The van der Waals surface area contributed by atoms with Crippen LogP contribution in [0.5, 0.6) is 5.75 Å². The summed E-state index contributed by atoms with van der Waals surface area (Å²) in [7, 11) is 0. The molecule has 174 valence electrons. The Morgan fingerprint density at radius 3 is 2.65 bits per heavy atom. The minimum atomic E-state index is -4.72. The van der Waals surface area contributed by atoms with Crippen molar-refractivity contribution in [2.45, 2.75) is 26.0 Å². The molecule has 0 bridgehead atoms. The molecule has 0 spiro atoms. The number of fused-ring (bicyclic) bond motifs is 1. The smallest absolute Gasteiger partial charge is 0.467 e. The van der Waals surface area contributed by atoms with Gasteiger partial charge in [0.25, 0.3) is 0 Å². The quantitative estimate of drug-likeness (QED) is 0.366. The van der Waals surface area contributed by atoms with Crippen LogP contribution in [0.3, 0.4) is 0 Å². The predicted molar refractivity (Wildman–Crippen MR) is 113 cm³/mol. The summed E-state index contributed by atoms with van der Waals surface area (Å²) in [4.78, 5) is 13.0. The molecule has 4 aromatic heterocycles. The number of rotatable bonds is 8. The van der Waals surface area contributed by atoms with Gasteiger partial charge in [-0.25, -0.2) is 19.6 Å². The lowest BCUT2D eigenvalue weighted by Crippen LogP contribution is -2.17. The van der Waals surface area contributed by atoms with Gasteiger partial charge in [0.2, 0.25) is 0 Å². The summed E-state index contributed by atoms with van der Waals surface area (Å²) in [5.74, 6) is 1.08. The molecule has 10 nitrogen and oxygen atoms in total. The number of hydrogen-bond donors (Lipinski definition) is 1. The van der Waals surface area contributed by atoms with Gasteiger partial charge in [0.15, 0.2) is 11.5 Å². The lowest BCUT2D eigenvalue weighted by molar-refractivity contribution is -0.274. The number of furan rings is 1. The number of nitrogens with zero attached hydrogens (tertiary/aromatic N) is 7. The Morgan fingerprint density at radius 2 is 1.88 bits per heavy atom. The summed E-state index contributed by atoms with van der Waals surface area (Å²) >= 11 is 0. The first-order chi connectivity index (χ1) is 16.4. The predicted octanol–water partition coefficient (Wildman–Crippen LogP) is 3.62. The molecule has 0 fully saturated rings. The molecule has 0 saturated carbocycles. The average Bonchev–Trinajstić information content (AvgIpc) is 3.55. The van der Waals surface area contributed by atoms with Crippen molar-refractivity contribution < 1.29 is 22.3 Å². The highest BCUT2D eigenvalue weighted by Crippen LogP contribution is 2.23. The molecule has 5 aromatic rings. The van der Waals surface area contributed by atoms with E-state index in [1.165, 1.54) is 18.5 Å². The summed E-state index contributed by atoms with van der Waals surface area (Å²) in [6.07, 6.45) is 1.74. The van der Waals surface area contributed by atoms with Gasteiger partial charge in [-0.2, -0.15) is 0 Å². The highest BCUT2D eigenvalue weighted by molar-refractivity contribution is 5.82. The second-order valence-electron chi connectivity index (χ2n) is 7.30. The van der Waals surface area contributed by atoms with Crippen LogP contribution in [-0.4, -0.2) is 40.9 Å². The number of benzene rings is 1. The maximum absolute atomic E-state index is 12.3. The molecular weight excluding hydrogens is 453 g/mol. The van der Waals surface area contributed by atoms with Crippen LogP contribution in [0.15, 0.2) is 65.9 Å². The Labute approximate surface area is 190 Å². The van der Waals surface area contributed by atoms with Gasteiger partial charge in [0, 0.05) is 0 Å². The molecule has 34 heavy (non-hydrogen) atoms. The van der Waals surface area contributed by atoms with Crippen LogP contribution in [0.4, 0.5) is 19.0 Å². The highest BCUT2D eigenvalue weighted by Gasteiger charge is 2.30. The van der Waals surface area contributed by atoms with Gasteiger partial charge in [-0.15, -0.1) is 18.3 Å². The summed E-state index contributed by atoms with van der Waals surface area (Å²) in [5, 5.41) is 11.5. The molecule has 0 unspecified atom stereocenters. The number of anilines is 1. The van der Waals surface area contributed by atoms with E-state index in [2.05, 4.69) is 35.3 Å². The second-order valence-corrected chi connectivity index (χ2v) is 7.30. The Balaban J connectivity index is 1.25. The first kappa shape index (κ1) is 21.4. The number of ether oxygens (including phenoxy) is 1. The molecule has 13 heteroatoms. The third-order valence-corrected chi connectivity index (χ3v) is 4.83. The molecular formula is C21H17F3N8O2. The van der Waals surface area contributed by atoms with Crippen molar-refractivity contribution in [1.29, 1.82) is 0 Å². The van der Waals surface area contributed by atoms with E-state index >= 15 is 0 Å². The molecule has 4 heterocycles. The number of imidazole rings is 1. The Morgan fingerprint density at radius 1 is 1.03 bits per heavy atom. The van der Waals surface area contributed by atoms with Gasteiger partial charge in [-0.1, -0.05) is 17.3 Å². The van der Waals surface area contributed by atoms with Gasteiger partial charge < -0.3 is 19.0 Å². The van der Waals surface area contributed by atoms with Crippen molar-refractivity contribution in [2.75, 3.05) is 5.32 Å². The SMILES string of the molecule is FC(F)(F)Oc1ccc(Cn2cc(Cn3cnc4c(NCc5ccco5)ncnc43)nn2)cc1. The molecule has 0 saturated heterocycles. The largest absolute Gasteiger partial charge is 0.573 e. The van der Waals surface area contributed by atoms with Crippen molar-refractivity contribution in [3.63, 3.8) is 0 Å². The van der Waals surface area contributed by atoms with Crippen LogP contribution >= 0.6 is 0 Å². The number of halogens is 3. The van der Waals surface area contributed by atoms with E-state index in [4.69, 9.17) is 4.42 Å². The maximum atomic E-state index is 12.3. The van der Waals surface area contributed by atoms with Crippen LogP contribution in [0.25, 0.3) is 11.2 Å². The lowest BCUT2D eigenvalue weighted by Gasteiger charge is -2.09. The van der Waals surface area contributed by atoms with Crippen LogP contribution in [0.2, 0.25) is 0 Å². The van der Waals surface area contributed by atoms with Crippen molar-refractivity contribution in [1.82, 2.24) is 34.5 Å². The van der Waals surface area contributed by atoms with Crippen LogP contribution in [0, 0.1) is 0 Å². The molecule has 0 aliphatic heterocycles. The number of hydrogen-bond acceptors (Lipinski definition) is 8. The zero-order valence-corrected chi connectivity index (χ0v) is 17.5. The van der Waals surface area contributed by atoms with E-state index in [1.807, 2.05) is 16.7 Å². The topological polar surface area (TPSA) is 109 Å². The van der Waals surface area contributed by atoms with Crippen molar-refractivity contribution in [3.05, 3.63) is 78.5 Å². The van der Waals surface area contributed by atoms with Crippen LogP contribution in [0.1, 0.15) is 17.0 Å². The summed E-state index contributed by atoms with van der Waals surface area (Å²) in [5.41, 5.74) is 2.66. The molecule has 5 rings (SSSR count). The van der Waals surface area contributed by atoms with Gasteiger partial charge >= 0.3 is 6.36 Å². The minimum Gasteiger partial charge on any atom is -0.467 e. The Kier molecular flexibility index (Phi) is 5.57. The standard InChI is InChI=1S/C21H17F3N8O2/c22-21(23,24)34-16-5-3-14(4-6-16)9-32-11-15(29-30-32)10-31-13-28-18-19(26-12-27-20(18)31)25-8-17-2-1-7-33-17/h1-7,11-13H,8-10H2,(H,25,26,27). The first-order valence-corrected chi connectivity index (χ1v) is 10.1. The second kappa shape index (κ2) is 8.84. The zero-order chi connectivity index (χ0) is 23.5. The summed E-state index contributed by atoms with van der Waals surface area (Å²) in [6, 6.07) is 9.27. The molecule has 1 N–H and O–H groups in total. The zero-order valence-electron chi connectivity index (χ0n) is 17.5. The van der Waals surface area contributed by atoms with E-state index < -0.39 is 6.36 Å². The number of aromatic nitrogens is 7. The highest BCUT2D eigenvalue weighted by atomic mass is 19.4. The summed E-state index contributed by atoms with van der Waals surface area (Å²) < 4.78 is 49.5. The molecule has 0 atom stereocenters. The van der Waals surface area contributed by atoms with Crippen LogP contribution < -0.4 is 10.1 Å². The maximum Gasteiger partial charge on any atom is 0.573 e. The third-order valence-electron chi connectivity index (χ3n) is 4.83. The molecule has 0 amide bonds. The minimum absolute atomic E-state index is 0.275. The number of nitrogens with one attached hydrogen (secondary N) is 1. The van der Waals surface area contributed by atoms with E-state index in [9.17, 15) is 13.2 Å². The molecule has 0 aliphatic rings. The number of alkyl halides is 3. The van der Waals surface area contributed by atoms with Crippen molar-refractivity contribution >= 4 is 17.0 Å². The molecule has 1 aromatic carbocycles. The fourth-order valence-corrected chi connectivity index (χ4v) is 3.36. The monoisotopic (exact) mass is 470 g/mol. The average molecular weight is 470 g/mol. The van der Waals surface area contributed by atoms with E-state index in [0.29, 0.717) is 42.3 Å². The van der Waals surface area contributed by atoms with Gasteiger partial charge in [0.05, 0.1) is 38.4 Å². The fourth-order valence-electron chi connectivity index (χ4n) is 3.36. The van der Waals surface area contributed by atoms with Gasteiger partial charge in [0.1, 0.15) is 29.0 Å². The van der Waals surface area contributed by atoms with E-state index in [1.54, 1.807) is 35.6 Å². The summed E-state index contributed by atoms with van der Waals surface area (Å²) in [6.45, 7) is 1.18. The first-order valence-electron chi connectivity index (χ1n) is 10.1. The third kappa shape index (κ3) is 4.98. The fraction of sp³-hybridized carbons (Fsp3) is 0.190. The Hall–Kier alpha value is -4.42. The van der Waals surface area contributed by atoms with E-state index in [-0.39, 0.29) is 5.75 Å². The molecule has 0 radical (unpaired) electrons. The lowest BCUT2D eigenvalue weighted by atomic mass is 10.2. The van der Waals surface area contributed by atoms with Gasteiger partial charge in [-0.05, 0) is 29.8 Å². The Bertz CT molecular complexity index is 1380. The normalized spacial score (nSPS) is 11.7. The van der Waals surface area contributed by atoms with Crippen molar-refractivity contribution in [2.24, 2.45) is 0 Å². The van der Waals surface area contributed by atoms with Crippen molar-refractivity contribution in [3.8, 4) is 5.75 Å².